The Hall–Kier alpha value is -0.910. The second kappa shape index (κ2) is 7.62. The van der Waals surface area contributed by atoms with Gasteiger partial charge < -0.3 is 16.0 Å². The van der Waals surface area contributed by atoms with Crippen molar-refractivity contribution in [1.82, 2.24) is 10.2 Å². The van der Waals surface area contributed by atoms with Gasteiger partial charge in [0.2, 0.25) is 5.91 Å². The third-order valence-corrected chi connectivity index (χ3v) is 4.61. The van der Waals surface area contributed by atoms with Crippen LogP contribution in [0.4, 0.5) is 0 Å². The van der Waals surface area contributed by atoms with Gasteiger partial charge in [-0.05, 0) is 12.8 Å². The lowest BCUT2D eigenvalue weighted by Crippen LogP contribution is -2.42. The molecular weight excluding hydrogens is 260 g/mol. The van der Waals surface area contributed by atoms with Crippen molar-refractivity contribution in [3.63, 3.8) is 0 Å². The van der Waals surface area contributed by atoms with Crippen LogP contribution in [0.15, 0.2) is 4.99 Å². The summed E-state index contributed by atoms with van der Waals surface area (Å²) in [7, 11) is 0. The van der Waals surface area contributed by atoms with Crippen LogP contribution in [-0.2, 0) is 4.79 Å². The maximum Gasteiger partial charge on any atom is 0.222 e. The van der Waals surface area contributed by atoms with Crippen LogP contribution in [0, 0.1) is 0 Å². The lowest BCUT2D eigenvalue weighted by molar-refractivity contribution is -0.121. The highest BCUT2D eigenvalue weighted by molar-refractivity contribution is 7.99. The molecule has 2 rings (SSSR count). The van der Waals surface area contributed by atoms with Gasteiger partial charge in [-0.3, -0.25) is 9.79 Å². The number of nitrogens with zero attached hydrogens (tertiary/aromatic N) is 2. The van der Waals surface area contributed by atoms with Gasteiger partial charge in [-0.25, -0.2) is 0 Å². The SMILES string of the molecule is NC(=NCCC(=O)NC1CCCC1)N1CCSCC1. The molecule has 0 radical (unpaired) electrons. The summed E-state index contributed by atoms with van der Waals surface area (Å²) in [6.07, 6.45) is 5.18. The molecule has 0 aromatic heterocycles. The van der Waals surface area contributed by atoms with Crippen molar-refractivity contribution in [3.8, 4) is 0 Å². The second-order valence-electron chi connectivity index (χ2n) is 5.14. The lowest BCUT2D eigenvalue weighted by Gasteiger charge is -2.27. The van der Waals surface area contributed by atoms with E-state index in [1.165, 1.54) is 12.8 Å². The quantitative estimate of drug-likeness (QED) is 0.592. The van der Waals surface area contributed by atoms with Crippen LogP contribution in [-0.4, -0.2) is 53.9 Å². The molecule has 1 saturated heterocycles. The molecule has 2 aliphatic rings. The van der Waals surface area contributed by atoms with Gasteiger partial charge in [0.15, 0.2) is 5.96 Å². The zero-order valence-corrected chi connectivity index (χ0v) is 12.3. The molecule has 1 aliphatic heterocycles. The van der Waals surface area contributed by atoms with Gasteiger partial charge in [-0.1, -0.05) is 12.8 Å². The second-order valence-corrected chi connectivity index (χ2v) is 6.36. The Bertz CT molecular complexity index is 323. The largest absolute Gasteiger partial charge is 0.370 e. The Morgan fingerprint density at radius 1 is 1.32 bits per heavy atom. The number of aliphatic imine (C=N–C) groups is 1. The number of thioether (sulfide) groups is 1. The first kappa shape index (κ1) is 14.5. The molecule has 2 fully saturated rings. The number of amides is 1. The van der Waals surface area contributed by atoms with Gasteiger partial charge in [0.1, 0.15) is 0 Å². The smallest absolute Gasteiger partial charge is 0.222 e. The average Bonchev–Trinajstić information content (AvgIpc) is 2.92. The summed E-state index contributed by atoms with van der Waals surface area (Å²) in [6, 6.07) is 0.396. The third-order valence-electron chi connectivity index (χ3n) is 3.67. The fraction of sp³-hybridized carbons (Fsp3) is 0.846. The van der Waals surface area contributed by atoms with Crippen molar-refractivity contribution in [3.05, 3.63) is 0 Å². The molecule has 1 aliphatic carbocycles. The number of rotatable bonds is 4. The van der Waals surface area contributed by atoms with E-state index in [1.807, 2.05) is 11.8 Å². The monoisotopic (exact) mass is 284 g/mol. The van der Waals surface area contributed by atoms with Crippen LogP contribution >= 0.6 is 11.8 Å². The molecule has 0 unspecified atom stereocenters. The Balaban J connectivity index is 1.64. The number of guanidine groups is 1. The summed E-state index contributed by atoms with van der Waals surface area (Å²) in [5, 5.41) is 3.07. The van der Waals surface area contributed by atoms with Crippen LogP contribution in [0.25, 0.3) is 0 Å². The van der Waals surface area contributed by atoms with E-state index < -0.39 is 0 Å². The molecule has 108 valence electrons. The number of nitrogens with one attached hydrogen (secondary N) is 1. The van der Waals surface area contributed by atoms with Crippen LogP contribution in [0.3, 0.4) is 0 Å². The highest BCUT2D eigenvalue weighted by Gasteiger charge is 2.17. The number of carbonyl (C=O) groups is 1. The first-order valence-corrected chi connectivity index (χ1v) is 8.33. The van der Waals surface area contributed by atoms with Gasteiger partial charge in [0.05, 0.1) is 6.54 Å². The molecule has 0 bridgehead atoms. The molecule has 19 heavy (non-hydrogen) atoms. The van der Waals surface area contributed by atoms with Crippen LogP contribution in [0.5, 0.6) is 0 Å². The molecule has 0 spiro atoms. The highest BCUT2D eigenvalue weighted by Crippen LogP contribution is 2.17. The summed E-state index contributed by atoms with van der Waals surface area (Å²) in [5.74, 6) is 2.92. The van der Waals surface area contributed by atoms with E-state index in [-0.39, 0.29) is 5.91 Å². The molecule has 1 heterocycles. The Morgan fingerprint density at radius 3 is 2.68 bits per heavy atom. The average molecular weight is 284 g/mol. The van der Waals surface area contributed by atoms with Crippen molar-refractivity contribution in [2.24, 2.45) is 10.7 Å². The summed E-state index contributed by atoms with van der Waals surface area (Å²) < 4.78 is 0. The molecule has 0 aromatic carbocycles. The van der Waals surface area contributed by atoms with Gasteiger partial charge in [0, 0.05) is 37.1 Å². The molecule has 3 N–H and O–H groups in total. The van der Waals surface area contributed by atoms with E-state index >= 15 is 0 Å². The maximum atomic E-state index is 11.7. The van der Waals surface area contributed by atoms with Crippen LogP contribution in [0.1, 0.15) is 32.1 Å². The normalized spacial score (nSPS) is 21.7. The van der Waals surface area contributed by atoms with Gasteiger partial charge in [-0.2, -0.15) is 11.8 Å². The summed E-state index contributed by atoms with van der Waals surface area (Å²) in [4.78, 5) is 18.1. The number of carbonyl (C=O) groups excluding carboxylic acids is 1. The predicted molar refractivity (Wildman–Crippen MR) is 80.4 cm³/mol. The van der Waals surface area contributed by atoms with Crippen molar-refractivity contribution in [2.75, 3.05) is 31.1 Å². The minimum Gasteiger partial charge on any atom is -0.370 e. The van der Waals surface area contributed by atoms with E-state index in [0.717, 1.165) is 37.4 Å². The molecule has 0 atom stereocenters. The molecule has 0 aromatic rings. The van der Waals surface area contributed by atoms with E-state index in [1.54, 1.807) is 0 Å². The summed E-state index contributed by atoms with van der Waals surface area (Å²) in [5.41, 5.74) is 5.93. The van der Waals surface area contributed by atoms with Gasteiger partial charge >= 0.3 is 0 Å². The minimum atomic E-state index is 0.109. The van der Waals surface area contributed by atoms with E-state index in [2.05, 4.69) is 15.2 Å². The number of hydrogen-bond donors (Lipinski definition) is 2. The predicted octanol–water partition coefficient (Wildman–Crippen LogP) is 0.799. The van der Waals surface area contributed by atoms with E-state index in [0.29, 0.717) is 25.0 Å². The minimum absolute atomic E-state index is 0.109. The van der Waals surface area contributed by atoms with E-state index in [4.69, 9.17) is 5.73 Å². The maximum absolute atomic E-state index is 11.7. The van der Waals surface area contributed by atoms with Crippen molar-refractivity contribution >= 4 is 23.6 Å². The zero-order valence-electron chi connectivity index (χ0n) is 11.4. The fourth-order valence-electron chi connectivity index (χ4n) is 2.53. The molecule has 5 nitrogen and oxygen atoms in total. The lowest BCUT2D eigenvalue weighted by atomic mass is 10.2. The first-order valence-electron chi connectivity index (χ1n) is 7.17. The van der Waals surface area contributed by atoms with Gasteiger partial charge in [-0.15, -0.1) is 0 Å². The molecule has 1 saturated carbocycles. The molecule has 1 amide bonds. The standard InChI is InChI=1S/C13H24N4OS/c14-13(17-7-9-19-10-8-17)15-6-5-12(18)16-11-3-1-2-4-11/h11H,1-10H2,(H2,14,15)(H,16,18). The van der Waals surface area contributed by atoms with Crippen LogP contribution in [0.2, 0.25) is 0 Å². The zero-order chi connectivity index (χ0) is 13.5. The van der Waals surface area contributed by atoms with E-state index in [9.17, 15) is 4.79 Å². The summed E-state index contributed by atoms with van der Waals surface area (Å²) >= 11 is 1.95. The third kappa shape index (κ3) is 4.93. The highest BCUT2D eigenvalue weighted by atomic mass is 32.2. The Labute approximate surface area is 119 Å². The Kier molecular flexibility index (Phi) is 5.82. The molecular formula is C13H24N4OS. The van der Waals surface area contributed by atoms with Crippen LogP contribution < -0.4 is 11.1 Å². The summed E-state index contributed by atoms with van der Waals surface area (Å²) in [6.45, 7) is 2.43. The van der Waals surface area contributed by atoms with Crippen molar-refractivity contribution < 1.29 is 4.79 Å². The first-order chi connectivity index (χ1) is 9.25. The number of hydrogen-bond acceptors (Lipinski definition) is 3. The number of nitrogens with two attached hydrogens (primary N) is 1. The van der Waals surface area contributed by atoms with Crippen molar-refractivity contribution in [2.45, 2.75) is 38.1 Å². The Morgan fingerprint density at radius 2 is 2.00 bits per heavy atom. The topological polar surface area (TPSA) is 70.7 Å². The molecule has 6 heteroatoms. The van der Waals surface area contributed by atoms with Gasteiger partial charge in [0.25, 0.3) is 0 Å². The fourth-order valence-corrected chi connectivity index (χ4v) is 3.44. The van der Waals surface area contributed by atoms with Crippen molar-refractivity contribution in [1.29, 1.82) is 0 Å².